The number of hydrogen-bond acceptors (Lipinski definition) is 6. The first kappa shape index (κ1) is 16.3. The molecule has 2 aromatic heterocycles. The highest BCUT2D eigenvalue weighted by atomic mass is 32.2. The van der Waals surface area contributed by atoms with Crippen molar-refractivity contribution in [3.8, 4) is 17.1 Å². The van der Waals surface area contributed by atoms with Crippen LogP contribution < -0.4 is 10.5 Å². The number of carbonyl (C=O) groups is 1. The number of benzene rings is 2. The topological polar surface area (TPSA) is 95.4 Å². The van der Waals surface area contributed by atoms with Gasteiger partial charge in [0, 0.05) is 10.9 Å². The van der Waals surface area contributed by atoms with E-state index in [-0.39, 0.29) is 5.75 Å². The largest absolute Gasteiger partial charge is 0.497 e. The van der Waals surface area contributed by atoms with Gasteiger partial charge in [-0.05, 0) is 36.4 Å². The second-order valence-corrected chi connectivity index (χ2v) is 6.52. The number of para-hydroxylation sites is 1. The van der Waals surface area contributed by atoms with Gasteiger partial charge in [0.25, 0.3) is 0 Å². The first-order valence-electron chi connectivity index (χ1n) is 7.87. The normalized spacial score (nSPS) is 11.1. The van der Waals surface area contributed by atoms with E-state index in [1.165, 1.54) is 11.8 Å². The van der Waals surface area contributed by atoms with Crippen LogP contribution in [-0.2, 0) is 4.79 Å². The first-order valence-corrected chi connectivity index (χ1v) is 8.85. The van der Waals surface area contributed by atoms with Crippen molar-refractivity contribution >= 4 is 34.2 Å². The lowest BCUT2D eigenvalue weighted by Crippen LogP contribution is -2.13. The van der Waals surface area contributed by atoms with Crippen LogP contribution in [0.2, 0.25) is 0 Å². The van der Waals surface area contributed by atoms with Crippen molar-refractivity contribution in [2.45, 2.75) is 5.16 Å². The summed E-state index contributed by atoms with van der Waals surface area (Å²) in [6.45, 7) is 0. The molecule has 0 unspecified atom stereocenters. The molecule has 4 rings (SSSR count). The predicted molar refractivity (Wildman–Crippen MR) is 100 cm³/mol. The van der Waals surface area contributed by atoms with Crippen LogP contribution in [0.25, 0.3) is 27.9 Å². The summed E-state index contributed by atoms with van der Waals surface area (Å²) in [7, 11) is 1.62. The highest BCUT2D eigenvalue weighted by Gasteiger charge is 2.17. The Hall–Kier alpha value is -3.13. The van der Waals surface area contributed by atoms with E-state index in [1.807, 2.05) is 52.9 Å². The number of hydrogen-bond donors (Lipinski definition) is 1. The number of amides is 1. The summed E-state index contributed by atoms with van der Waals surface area (Å²) in [5.41, 5.74) is 7.68. The van der Waals surface area contributed by atoms with E-state index < -0.39 is 5.91 Å². The zero-order valence-corrected chi connectivity index (χ0v) is 14.7. The zero-order chi connectivity index (χ0) is 18.1. The summed E-state index contributed by atoms with van der Waals surface area (Å²) in [6, 6.07) is 15.4. The van der Waals surface area contributed by atoms with Crippen LogP contribution in [0, 0.1) is 0 Å². The van der Waals surface area contributed by atoms with Gasteiger partial charge in [0.05, 0.1) is 18.4 Å². The van der Waals surface area contributed by atoms with Gasteiger partial charge in [0.2, 0.25) is 5.91 Å². The van der Waals surface area contributed by atoms with Crippen LogP contribution >= 0.6 is 11.8 Å². The number of rotatable bonds is 5. The van der Waals surface area contributed by atoms with Crippen LogP contribution in [-0.4, -0.2) is 38.4 Å². The van der Waals surface area contributed by atoms with E-state index in [0.717, 1.165) is 22.2 Å². The average Bonchev–Trinajstić information content (AvgIpc) is 3.10. The molecule has 130 valence electrons. The summed E-state index contributed by atoms with van der Waals surface area (Å²) >= 11 is 1.24. The van der Waals surface area contributed by atoms with Crippen molar-refractivity contribution in [1.29, 1.82) is 0 Å². The summed E-state index contributed by atoms with van der Waals surface area (Å²) in [5, 5.41) is 10.0. The molecule has 0 spiro atoms. The molecule has 0 bridgehead atoms. The van der Waals surface area contributed by atoms with Crippen molar-refractivity contribution in [3.63, 3.8) is 0 Å². The Kier molecular flexibility index (Phi) is 4.18. The Morgan fingerprint density at radius 1 is 1.15 bits per heavy atom. The van der Waals surface area contributed by atoms with Crippen LogP contribution in [0.1, 0.15) is 0 Å². The van der Waals surface area contributed by atoms with Crippen LogP contribution in [0.5, 0.6) is 5.75 Å². The number of fused-ring (bicyclic) bond motifs is 3. The fourth-order valence-electron chi connectivity index (χ4n) is 2.72. The summed E-state index contributed by atoms with van der Waals surface area (Å²) in [6.07, 6.45) is 0. The standard InChI is InChI=1S/C18H15N5O2S/c1-25-12-8-6-11(7-9-12)16-20-14-5-3-2-4-13(14)17-21-22-18(23(16)17)26-10-15(19)24/h2-9H,10H2,1H3,(H2,19,24). The van der Waals surface area contributed by atoms with E-state index in [0.29, 0.717) is 16.6 Å². The monoisotopic (exact) mass is 365 g/mol. The minimum atomic E-state index is -0.411. The third kappa shape index (κ3) is 2.84. The lowest BCUT2D eigenvalue weighted by atomic mass is 10.1. The summed E-state index contributed by atoms with van der Waals surface area (Å²) in [5.74, 6) is 1.16. The van der Waals surface area contributed by atoms with Gasteiger partial charge in [0.15, 0.2) is 10.8 Å². The predicted octanol–water partition coefficient (Wildman–Crippen LogP) is 2.53. The van der Waals surface area contributed by atoms with Gasteiger partial charge < -0.3 is 10.5 Å². The highest BCUT2D eigenvalue weighted by Crippen LogP contribution is 2.29. The van der Waals surface area contributed by atoms with E-state index in [2.05, 4.69) is 10.2 Å². The smallest absolute Gasteiger partial charge is 0.227 e. The Balaban J connectivity index is 1.97. The molecule has 8 heteroatoms. The Bertz CT molecular complexity index is 1110. The number of carbonyl (C=O) groups excluding carboxylic acids is 1. The molecular formula is C18H15N5O2S. The van der Waals surface area contributed by atoms with Gasteiger partial charge in [-0.1, -0.05) is 23.9 Å². The minimum absolute atomic E-state index is 0.121. The van der Waals surface area contributed by atoms with Crippen molar-refractivity contribution in [3.05, 3.63) is 48.5 Å². The van der Waals surface area contributed by atoms with E-state index >= 15 is 0 Å². The molecule has 0 atom stereocenters. The minimum Gasteiger partial charge on any atom is -0.497 e. The van der Waals surface area contributed by atoms with E-state index in [4.69, 9.17) is 15.5 Å². The zero-order valence-electron chi connectivity index (χ0n) is 13.9. The van der Waals surface area contributed by atoms with Gasteiger partial charge in [-0.2, -0.15) is 0 Å². The number of nitrogens with two attached hydrogens (primary N) is 1. The van der Waals surface area contributed by atoms with E-state index in [1.54, 1.807) is 7.11 Å². The molecule has 0 fully saturated rings. The molecule has 0 radical (unpaired) electrons. The molecule has 0 aliphatic carbocycles. The SMILES string of the molecule is COc1ccc(-c2nc3ccccc3c3nnc(SCC(N)=O)n23)cc1. The molecule has 26 heavy (non-hydrogen) atoms. The lowest BCUT2D eigenvalue weighted by Gasteiger charge is -2.10. The number of ether oxygens (including phenoxy) is 1. The van der Waals surface area contributed by atoms with Crippen LogP contribution in [0.4, 0.5) is 0 Å². The maximum absolute atomic E-state index is 11.2. The number of thioether (sulfide) groups is 1. The molecule has 7 nitrogen and oxygen atoms in total. The van der Waals surface area contributed by atoms with Crippen molar-refractivity contribution in [2.75, 3.05) is 12.9 Å². The molecular weight excluding hydrogens is 350 g/mol. The number of methoxy groups -OCH3 is 1. The van der Waals surface area contributed by atoms with Crippen LogP contribution in [0.15, 0.2) is 53.7 Å². The fourth-order valence-corrected chi connectivity index (χ4v) is 3.39. The Labute approximate surface area is 153 Å². The molecule has 1 amide bonds. The van der Waals surface area contributed by atoms with Crippen molar-refractivity contribution in [1.82, 2.24) is 19.6 Å². The molecule has 0 saturated carbocycles. The molecule has 2 N–H and O–H groups in total. The van der Waals surface area contributed by atoms with Gasteiger partial charge >= 0.3 is 0 Å². The summed E-state index contributed by atoms with van der Waals surface area (Å²) in [4.78, 5) is 16.0. The third-order valence-corrected chi connectivity index (χ3v) is 4.86. The molecule has 4 aromatic rings. The molecule has 0 aliphatic heterocycles. The highest BCUT2D eigenvalue weighted by molar-refractivity contribution is 7.99. The number of nitrogens with zero attached hydrogens (tertiary/aromatic N) is 4. The molecule has 0 saturated heterocycles. The lowest BCUT2D eigenvalue weighted by molar-refractivity contribution is -0.115. The second-order valence-electron chi connectivity index (χ2n) is 5.58. The summed E-state index contributed by atoms with van der Waals surface area (Å²) < 4.78 is 7.09. The molecule has 2 heterocycles. The quantitative estimate of drug-likeness (QED) is 0.546. The molecule has 0 aliphatic rings. The van der Waals surface area contributed by atoms with Gasteiger partial charge in [-0.3, -0.25) is 9.20 Å². The maximum Gasteiger partial charge on any atom is 0.227 e. The molecule has 2 aromatic carbocycles. The van der Waals surface area contributed by atoms with E-state index in [9.17, 15) is 4.79 Å². The number of primary amides is 1. The van der Waals surface area contributed by atoms with Crippen molar-refractivity contribution < 1.29 is 9.53 Å². The Morgan fingerprint density at radius 2 is 1.92 bits per heavy atom. The fraction of sp³-hybridized carbons (Fsp3) is 0.111. The maximum atomic E-state index is 11.2. The average molecular weight is 365 g/mol. The van der Waals surface area contributed by atoms with Crippen molar-refractivity contribution in [2.24, 2.45) is 5.73 Å². The van der Waals surface area contributed by atoms with Gasteiger partial charge in [-0.15, -0.1) is 10.2 Å². The number of aromatic nitrogens is 4. The van der Waals surface area contributed by atoms with Crippen LogP contribution in [0.3, 0.4) is 0 Å². The third-order valence-electron chi connectivity index (χ3n) is 3.91. The van der Waals surface area contributed by atoms with Gasteiger partial charge in [0.1, 0.15) is 11.6 Å². The first-order chi connectivity index (χ1) is 12.7. The Morgan fingerprint density at radius 3 is 2.65 bits per heavy atom. The second kappa shape index (κ2) is 6.64. The van der Waals surface area contributed by atoms with Gasteiger partial charge in [-0.25, -0.2) is 4.98 Å².